The van der Waals surface area contributed by atoms with E-state index in [0.717, 1.165) is 36.4 Å². The molecule has 0 bridgehead atoms. The lowest BCUT2D eigenvalue weighted by Gasteiger charge is -2.26. The molecule has 0 spiro atoms. The van der Waals surface area contributed by atoms with Gasteiger partial charge in [0.2, 0.25) is 35.7 Å². The van der Waals surface area contributed by atoms with Crippen LogP contribution >= 0.6 is 0 Å². The fourth-order valence-corrected chi connectivity index (χ4v) is 9.87. The van der Waals surface area contributed by atoms with Crippen molar-refractivity contribution in [1.29, 1.82) is 0 Å². The van der Waals surface area contributed by atoms with E-state index in [1.54, 1.807) is 0 Å². The van der Waals surface area contributed by atoms with E-state index in [-0.39, 0.29) is 118 Å². The van der Waals surface area contributed by atoms with Gasteiger partial charge in [-0.1, -0.05) is 12.1 Å². The molecule has 0 saturated heterocycles. The molecular weight excluding hydrogens is 1080 g/mol. The standard InChI is InChI=1S/C44H54N12O16S4/c1-25(57)21-55(22-26(2)58)43-51-39(45-31-11-15-35(16-12-31)73(61,62)63)49-41(53-43)47-33-9-7-29(37(19-33)75(67,68)69)5-6-30-8-10-34(20-38(30)76(70,71)72)48-42-50-40(46-32-13-17-36(18-14-32)74(64,65)66)52-44(54-42)56(23-27(3)59)24-28(4)60/h7-20,25-28,57-60H,5-6,21-24H2,1-4H3,(H,61,62,63)(H,64,65,66)(H,67,68,69)(H,70,71,72)(H2,45,47,49,51,53)(H2,46,48,50,52,54). The van der Waals surface area contributed by atoms with Crippen molar-refractivity contribution in [1.82, 2.24) is 29.9 Å². The summed E-state index contributed by atoms with van der Waals surface area (Å²) >= 11 is 0. The molecule has 6 aromatic rings. The summed E-state index contributed by atoms with van der Waals surface area (Å²) < 4.78 is 138. The van der Waals surface area contributed by atoms with Crippen molar-refractivity contribution in [2.75, 3.05) is 57.2 Å². The second kappa shape index (κ2) is 24.0. The summed E-state index contributed by atoms with van der Waals surface area (Å²) in [6.45, 7) is 5.72. The molecular formula is C44H54N12O16S4. The van der Waals surface area contributed by atoms with E-state index in [1.807, 2.05) is 0 Å². The molecule has 12 N–H and O–H groups in total. The van der Waals surface area contributed by atoms with Gasteiger partial charge in [-0.15, -0.1) is 0 Å². The maximum absolute atomic E-state index is 12.9. The molecule has 0 aliphatic heterocycles. The van der Waals surface area contributed by atoms with Gasteiger partial charge in [-0.05, 0) is 124 Å². The van der Waals surface area contributed by atoms with Gasteiger partial charge in [0.1, 0.15) is 0 Å². The number of nitrogens with one attached hydrogen (secondary N) is 4. The van der Waals surface area contributed by atoms with Gasteiger partial charge >= 0.3 is 0 Å². The monoisotopic (exact) mass is 1130 g/mol. The number of aryl methyl sites for hydroxylation is 2. The zero-order valence-electron chi connectivity index (χ0n) is 40.7. The molecule has 4 unspecified atom stereocenters. The van der Waals surface area contributed by atoms with Crippen molar-refractivity contribution in [3.05, 3.63) is 96.1 Å². The normalized spacial score (nSPS) is 13.8. The number of nitrogens with zero attached hydrogens (tertiary/aromatic N) is 8. The Bertz CT molecular complexity index is 3240. The Labute approximate surface area is 437 Å². The number of aliphatic hydroxyl groups is 4. The van der Waals surface area contributed by atoms with Crippen LogP contribution in [0.3, 0.4) is 0 Å². The van der Waals surface area contributed by atoms with Gasteiger partial charge in [0.05, 0.1) is 44.0 Å². The first-order chi connectivity index (χ1) is 35.4. The molecule has 0 saturated carbocycles. The molecule has 76 heavy (non-hydrogen) atoms. The molecule has 0 amide bonds. The van der Waals surface area contributed by atoms with Crippen molar-refractivity contribution >= 4 is 98.9 Å². The molecule has 2 aromatic heterocycles. The summed E-state index contributed by atoms with van der Waals surface area (Å²) in [6, 6.07) is 17.3. The SMILES string of the molecule is CC(O)CN(CC(C)O)c1nc(Nc2ccc(S(=O)(=O)O)cc2)nc(Nc2ccc(CCc3ccc(Nc4nc(Nc5ccc(S(=O)(=O)O)cc5)nc(N(CC(C)O)CC(C)O)n4)cc3S(=O)(=O)O)c(S(=O)(=O)O)c2)n1. The van der Waals surface area contributed by atoms with Crippen LogP contribution < -0.4 is 31.1 Å². The van der Waals surface area contributed by atoms with Crippen molar-refractivity contribution in [3.8, 4) is 0 Å². The van der Waals surface area contributed by atoms with Gasteiger partial charge in [-0.25, -0.2) is 0 Å². The van der Waals surface area contributed by atoms with Gasteiger partial charge in [0.15, 0.2) is 0 Å². The van der Waals surface area contributed by atoms with Crippen LogP contribution in [0.25, 0.3) is 0 Å². The molecule has 0 aliphatic carbocycles. The van der Waals surface area contributed by atoms with Crippen LogP contribution in [-0.4, -0.2) is 153 Å². The summed E-state index contributed by atoms with van der Waals surface area (Å²) in [7, 11) is -19.0. The minimum atomic E-state index is -5.00. The van der Waals surface area contributed by atoms with Crippen LogP contribution in [0.2, 0.25) is 0 Å². The van der Waals surface area contributed by atoms with Crippen LogP contribution in [-0.2, 0) is 53.3 Å². The Morgan fingerprint density at radius 2 is 0.658 bits per heavy atom. The highest BCUT2D eigenvalue weighted by atomic mass is 32.2. The Morgan fingerprint density at radius 1 is 0.395 bits per heavy atom. The van der Waals surface area contributed by atoms with Crippen LogP contribution in [0.1, 0.15) is 38.8 Å². The molecule has 4 aromatic carbocycles. The molecule has 2 heterocycles. The van der Waals surface area contributed by atoms with Crippen molar-refractivity contribution in [2.24, 2.45) is 0 Å². The lowest BCUT2D eigenvalue weighted by molar-refractivity contribution is 0.176. The first-order valence-electron chi connectivity index (χ1n) is 22.6. The Morgan fingerprint density at radius 3 is 0.908 bits per heavy atom. The number of rotatable bonds is 25. The number of benzene rings is 4. The second-order valence-electron chi connectivity index (χ2n) is 17.4. The summed E-state index contributed by atoms with van der Waals surface area (Å²) in [5, 5.41) is 52.4. The third-order valence-corrected chi connectivity index (χ3v) is 14.0. The van der Waals surface area contributed by atoms with Crippen molar-refractivity contribution in [3.63, 3.8) is 0 Å². The zero-order valence-corrected chi connectivity index (χ0v) is 44.0. The molecule has 4 atom stereocenters. The minimum Gasteiger partial charge on any atom is -0.392 e. The van der Waals surface area contributed by atoms with Crippen molar-refractivity contribution in [2.45, 2.75) is 84.5 Å². The second-order valence-corrected chi connectivity index (χ2v) is 23.0. The number of hydrogen-bond donors (Lipinski definition) is 12. The maximum atomic E-state index is 12.9. The number of aromatic nitrogens is 6. The van der Waals surface area contributed by atoms with Gasteiger partial charge in [-0.2, -0.15) is 63.6 Å². The van der Waals surface area contributed by atoms with Crippen LogP contribution in [0, 0.1) is 0 Å². The average molecular weight is 1140 g/mol. The smallest absolute Gasteiger partial charge is 0.294 e. The summed E-state index contributed by atoms with van der Waals surface area (Å²) in [4.78, 5) is 27.2. The highest BCUT2D eigenvalue weighted by molar-refractivity contribution is 7.86. The van der Waals surface area contributed by atoms with E-state index >= 15 is 0 Å². The average Bonchev–Trinajstić information content (AvgIpc) is 3.29. The first-order valence-corrected chi connectivity index (χ1v) is 28.3. The van der Waals surface area contributed by atoms with Gasteiger partial charge in [-0.3, -0.25) is 18.2 Å². The molecule has 28 nitrogen and oxygen atoms in total. The zero-order chi connectivity index (χ0) is 55.9. The fourth-order valence-electron chi connectivity index (χ4n) is 7.35. The minimum absolute atomic E-state index is 0.00734. The highest BCUT2D eigenvalue weighted by Crippen LogP contribution is 2.30. The summed E-state index contributed by atoms with van der Waals surface area (Å²) in [6.07, 6.45) is -4.18. The quantitative estimate of drug-likeness (QED) is 0.0367. The summed E-state index contributed by atoms with van der Waals surface area (Å²) in [5.41, 5.74) is 0.552. The Kier molecular flexibility index (Phi) is 18.5. The molecule has 6 rings (SSSR count). The predicted octanol–water partition coefficient (Wildman–Crippen LogP) is 2.94. The Balaban J connectivity index is 1.30. The van der Waals surface area contributed by atoms with Crippen LogP contribution in [0.15, 0.2) is 105 Å². The molecule has 0 aliphatic rings. The van der Waals surface area contributed by atoms with E-state index in [4.69, 9.17) is 0 Å². The van der Waals surface area contributed by atoms with Crippen LogP contribution in [0.4, 0.5) is 58.4 Å². The number of hydrogen-bond acceptors (Lipinski definition) is 24. The lowest BCUT2D eigenvalue weighted by atomic mass is 10.0. The third-order valence-electron chi connectivity index (χ3n) is 10.4. The molecule has 410 valence electrons. The largest absolute Gasteiger partial charge is 0.392 e. The van der Waals surface area contributed by atoms with Gasteiger partial charge in [0, 0.05) is 48.9 Å². The van der Waals surface area contributed by atoms with Gasteiger partial charge in [0.25, 0.3) is 40.5 Å². The van der Waals surface area contributed by atoms with Crippen LogP contribution in [0.5, 0.6) is 0 Å². The maximum Gasteiger partial charge on any atom is 0.294 e. The van der Waals surface area contributed by atoms with E-state index in [9.17, 15) is 72.3 Å². The first kappa shape index (κ1) is 58.4. The Hall–Kier alpha value is -6.82. The summed E-state index contributed by atoms with van der Waals surface area (Å²) in [5.74, 6) is -0.868. The molecule has 0 radical (unpaired) electrons. The van der Waals surface area contributed by atoms with Crippen molar-refractivity contribution < 1.29 is 72.3 Å². The highest BCUT2D eigenvalue weighted by Gasteiger charge is 2.24. The third kappa shape index (κ3) is 16.8. The molecule has 32 heteroatoms. The van der Waals surface area contributed by atoms with E-state index < -0.39 is 74.7 Å². The molecule has 0 fully saturated rings. The number of anilines is 10. The predicted molar refractivity (Wildman–Crippen MR) is 276 cm³/mol. The lowest BCUT2D eigenvalue weighted by Crippen LogP contribution is -2.37. The topological polar surface area (TPSA) is 430 Å². The van der Waals surface area contributed by atoms with Gasteiger partial charge < -0.3 is 51.5 Å². The van der Waals surface area contributed by atoms with E-state index in [0.29, 0.717) is 0 Å². The van der Waals surface area contributed by atoms with E-state index in [2.05, 4.69) is 51.2 Å². The van der Waals surface area contributed by atoms with E-state index in [1.165, 1.54) is 86.0 Å². The fraction of sp³-hybridized carbons (Fsp3) is 0.318. The number of aliphatic hydroxyl groups excluding tert-OH is 4.